The zero-order chi connectivity index (χ0) is 29.5. The number of halogens is 3. The molecule has 3 aromatic carbocycles. The molecule has 1 amide bonds. The molecule has 1 aromatic heterocycles. The summed E-state index contributed by atoms with van der Waals surface area (Å²) in [6, 6.07) is 15.3. The molecular formula is C30H28F3N3O4S. The van der Waals surface area contributed by atoms with Crippen LogP contribution in [0.25, 0.3) is 11.5 Å². The molecule has 5 rings (SSSR count). The summed E-state index contributed by atoms with van der Waals surface area (Å²) in [4.78, 5) is 17.3. The number of hydrogen-bond donors (Lipinski definition) is 2. The molecule has 1 aliphatic carbocycles. The standard InChI is InChI=1S/C30H28F3N3O4S/c1-17-14-24(34-25(37)16-20-4-6-21(7-5-20)19(3)41(38)39)15-18(2)26(17)29(12-13-29)28-35-27(40-36-28)22-8-10-23(11-9-22)30(31,32)33/h4-11,14-15,19,41H,12-13,16H2,1-3H3,(H,34,37). The van der Waals surface area contributed by atoms with E-state index in [1.54, 1.807) is 31.2 Å². The summed E-state index contributed by atoms with van der Waals surface area (Å²) in [5.74, 6) is 0.436. The highest BCUT2D eigenvalue weighted by molar-refractivity contribution is 7.72. The summed E-state index contributed by atoms with van der Waals surface area (Å²) < 4.78 is 66.6. The Bertz CT molecular complexity index is 1640. The van der Waals surface area contributed by atoms with Crippen molar-refractivity contribution in [3.05, 3.63) is 99.9 Å². The SMILES string of the molecule is Cc1cc(NC(=O)Cc2ccc(C(C)[SH](=O)=O)cc2)cc(C)c1C1(c2noc(-c3ccc(C(F)(F)F)cc3)n2)CC1. The average molecular weight is 584 g/mol. The lowest BCUT2D eigenvalue weighted by molar-refractivity contribution is -0.137. The third kappa shape index (κ3) is 5.90. The Morgan fingerprint density at radius 2 is 1.63 bits per heavy atom. The van der Waals surface area contributed by atoms with Crippen molar-refractivity contribution in [1.29, 1.82) is 0 Å². The number of rotatable bonds is 8. The second-order valence-corrected chi connectivity index (χ2v) is 11.8. The molecule has 214 valence electrons. The molecule has 0 bridgehead atoms. The minimum atomic E-state index is -4.43. The van der Waals surface area contributed by atoms with Crippen molar-refractivity contribution in [2.24, 2.45) is 0 Å². The number of benzene rings is 3. The van der Waals surface area contributed by atoms with Crippen molar-refractivity contribution >= 4 is 22.3 Å². The van der Waals surface area contributed by atoms with E-state index in [0.29, 0.717) is 22.6 Å². The third-order valence-electron chi connectivity index (χ3n) is 7.50. The van der Waals surface area contributed by atoms with Crippen molar-refractivity contribution in [2.75, 3.05) is 5.32 Å². The highest BCUT2D eigenvalue weighted by Crippen LogP contribution is 2.55. The number of nitrogens with zero attached hydrogens (tertiary/aromatic N) is 2. The van der Waals surface area contributed by atoms with Crippen LogP contribution in [0, 0.1) is 13.8 Å². The smallest absolute Gasteiger partial charge is 0.334 e. The molecule has 41 heavy (non-hydrogen) atoms. The number of anilines is 1. The molecule has 0 saturated heterocycles. The van der Waals surface area contributed by atoms with Crippen LogP contribution in [0.3, 0.4) is 0 Å². The average Bonchev–Trinajstić information content (AvgIpc) is 3.53. The van der Waals surface area contributed by atoms with Crippen molar-refractivity contribution in [3.8, 4) is 11.5 Å². The van der Waals surface area contributed by atoms with Gasteiger partial charge in [0, 0.05) is 11.3 Å². The summed E-state index contributed by atoms with van der Waals surface area (Å²) in [5.41, 5.74) is 4.22. The minimum absolute atomic E-state index is 0.136. The van der Waals surface area contributed by atoms with E-state index in [-0.39, 0.29) is 18.2 Å². The molecule has 0 aliphatic heterocycles. The van der Waals surface area contributed by atoms with E-state index in [4.69, 9.17) is 4.52 Å². The summed E-state index contributed by atoms with van der Waals surface area (Å²) in [6.45, 7) is 5.52. The van der Waals surface area contributed by atoms with Crippen LogP contribution in [0.4, 0.5) is 18.9 Å². The fourth-order valence-electron chi connectivity index (χ4n) is 5.26. The summed E-state index contributed by atoms with van der Waals surface area (Å²) in [5, 5.41) is 6.54. The van der Waals surface area contributed by atoms with E-state index < -0.39 is 33.1 Å². The number of aryl methyl sites for hydroxylation is 2. The van der Waals surface area contributed by atoms with Gasteiger partial charge in [-0.2, -0.15) is 18.2 Å². The van der Waals surface area contributed by atoms with Gasteiger partial charge in [-0.25, -0.2) is 8.42 Å². The lowest BCUT2D eigenvalue weighted by atomic mass is 9.87. The van der Waals surface area contributed by atoms with Gasteiger partial charge < -0.3 is 9.84 Å². The molecule has 1 unspecified atom stereocenters. The van der Waals surface area contributed by atoms with Gasteiger partial charge in [0.2, 0.25) is 5.91 Å². The van der Waals surface area contributed by atoms with E-state index in [9.17, 15) is 26.4 Å². The molecule has 1 saturated carbocycles. The first-order valence-electron chi connectivity index (χ1n) is 13.0. The number of carbonyl (C=O) groups is 1. The van der Waals surface area contributed by atoms with Crippen LogP contribution in [0.15, 0.2) is 65.2 Å². The Kier molecular flexibility index (Phi) is 7.50. The maximum absolute atomic E-state index is 12.9. The van der Waals surface area contributed by atoms with E-state index in [0.717, 1.165) is 47.2 Å². The first kappa shape index (κ1) is 28.5. The number of amides is 1. The predicted molar refractivity (Wildman–Crippen MR) is 148 cm³/mol. The topological polar surface area (TPSA) is 102 Å². The van der Waals surface area contributed by atoms with Gasteiger partial charge in [-0.15, -0.1) is 0 Å². The van der Waals surface area contributed by atoms with Crippen LogP contribution >= 0.6 is 0 Å². The molecule has 1 heterocycles. The van der Waals surface area contributed by atoms with Gasteiger partial charge in [-0.05, 0) is 97.8 Å². The first-order valence-corrected chi connectivity index (χ1v) is 14.3. The Labute approximate surface area is 236 Å². The van der Waals surface area contributed by atoms with E-state index in [1.165, 1.54) is 12.1 Å². The molecule has 0 spiro atoms. The highest BCUT2D eigenvalue weighted by atomic mass is 32.2. The van der Waals surface area contributed by atoms with E-state index in [1.807, 2.05) is 26.0 Å². The van der Waals surface area contributed by atoms with E-state index in [2.05, 4.69) is 15.5 Å². The van der Waals surface area contributed by atoms with Crippen LogP contribution in [-0.2, 0) is 33.5 Å². The maximum atomic E-state index is 12.9. The van der Waals surface area contributed by atoms with Gasteiger partial charge in [0.05, 0.1) is 22.6 Å². The molecular weight excluding hydrogens is 555 g/mol. The Morgan fingerprint density at radius 1 is 1.02 bits per heavy atom. The van der Waals surface area contributed by atoms with Gasteiger partial charge in [0.15, 0.2) is 5.82 Å². The van der Waals surface area contributed by atoms with Crippen LogP contribution in [-0.4, -0.2) is 24.5 Å². The minimum Gasteiger partial charge on any atom is -0.334 e. The lowest BCUT2D eigenvalue weighted by Gasteiger charge is -2.19. The number of alkyl halides is 3. The molecule has 11 heteroatoms. The first-order chi connectivity index (χ1) is 19.4. The quantitative estimate of drug-likeness (QED) is 0.236. The number of thiol groups is 1. The normalized spacial score (nSPS) is 15.1. The number of carbonyl (C=O) groups excluding carboxylic acids is 1. The van der Waals surface area contributed by atoms with Crippen LogP contribution in [0.5, 0.6) is 0 Å². The Balaban J connectivity index is 1.31. The predicted octanol–water partition coefficient (Wildman–Crippen LogP) is 6.31. The number of aromatic nitrogens is 2. The molecule has 7 nitrogen and oxygen atoms in total. The van der Waals surface area contributed by atoms with Crippen LogP contribution in [0.1, 0.15) is 64.2 Å². The van der Waals surface area contributed by atoms with Gasteiger partial charge in [0.25, 0.3) is 5.89 Å². The van der Waals surface area contributed by atoms with Crippen molar-refractivity contribution < 1.29 is 30.9 Å². The van der Waals surface area contributed by atoms with Gasteiger partial charge in [0.1, 0.15) is 10.7 Å². The van der Waals surface area contributed by atoms with E-state index >= 15 is 0 Å². The van der Waals surface area contributed by atoms with Crippen molar-refractivity contribution in [3.63, 3.8) is 0 Å². The number of hydrogen-bond acceptors (Lipinski definition) is 6. The molecule has 4 aromatic rings. The zero-order valence-electron chi connectivity index (χ0n) is 22.6. The van der Waals surface area contributed by atoms with Gasteiger partial charge in [-0.1, -0.05) is 29.4 Å². The fourth-order valence-corrected chi connectivity index (χ4v) is 5.68. The number of nitrogens with one attached hydrogen (secondary N) is 1. The second kappa shape index (κ2) is 10.8. The van der Waals surface area contributed by atoms with Crippen LogP contribution < -0.4 is 5.32 Å². The monoisotopic (exact) mass is 583 g/mol. The molecule has 0 radical (unpaired) electrons. The maximum Gasteiger partial charge on any atom is 0.416 e. The zero-order valence-corrected chi connectivity index (χ0v) is 23.5. The largest absolute Gasteiger partial charge is 0.416 e. The lowest BCUT2D eigenvalue weighted by Crippen LogP contribution is -2.17. The molecule has 1 fully saturated rings. The van der Waals surface area contributed by atoms with Crippen LogP contribution in [0.2, 0.25) is 0 Å². The summed E-state index contributed by atoms with van der Waals surface area (Å²) in [6.07, 6.45) is -2.70. The third-order valence-corrected chi connectivity index (χ3v) is 8.43. The highest BCUT2D eigenvalue weighted by Gasteiger charge is 2.51. The van der Waals surface area contributed by atoms with Crippen molar-refractivity contribution in [2.45, 2.75) is 56.9 Å². The van der Waals surface area contributed by atoms with Crippen molar-refractivity contribution in [1.82, 2.24) is 10.1 Å². The summed E-state index contributed by atoms with van der Waals surface area (Å²) >= 11 is 0. The Hall–Kier alpha value is -3.99. The molecule has 1 aliphatic rings. The molecule has 1 atom stereocenters. The molecule has 1 N–H and O–H groups in total. The van der Waals surface area contributed by atoms with Gasteiger partial charge in [-0.3, -0.25) is 4.79 Å². The fraction of sp³-hybridized carbons (Fsp3) is 0.300. The second-order valence-electron chi connectivity index (χ2n) is 10.5. The van der Waals surface area contributed by atoms with Gasteiger partial charge >= 0.3 is 6.18 Å². The Morgan fingerprint density at radius 3 is 2.17 bits per heavy atom. The summed E-state index contributed by atoms with van der Waals surface area (Å²) in [7, 11) is -2.57.